The van der Waals surface area contributed by atoms with E-state index in [2.05, 4.69) is 18.9 Å². The molecule has 17 heavy (non-hydrogen) atoms. The van der Waals surface area contributed by atoms with E-state index in [0.29, 0.717) is 12.6 Å². The summed E-state index contributed by atoms with van der Waals surface area (Å²) in [6.07, 6.45) is 8.36. The Labute approximate surface area is 106 Å². The number of carbonyl (C=O) groups excluding carboxylic acids is 1. The first kappa shape index (κ1) is 14.5. The Morgan fingerprint density at radius 3 is 2.47 bits per heavy atom. The minimum atomic E-state index is -0.0394. The molecule has 0 amide bonds. The highest BCUT2D eigenvalue weighted by Gasteiger charge is 2.29. The molecule has 0 heterocycles. The third-order valence-corrected chi connectivity index (χ3v) is 3.76. The summed E-state index contributed by atoms with van der Waals surface area (Å²) in [7, 11) is 2.09. The fourth-order valence-corrected chi connectivity index (χ4v) is 2.74. The predicted octanol–water partition coefficient (Wildman–Crippen LogP) is 2.98. The monoisotopic (exact) mass is 241 g/mol. The molecule has 0 saturated heterocycles. The SMILES string of the molecule is CCCC(C(=O)OCC)N(C)C1CCCCC1. The van der Waals surface area contributed by atoms with Gasteiger partial charge in [0.2, 0.25) is 0 Å². The number of hydrogen-bond donors (Lipinski definition) is 0. The maximum Gasteiger partial charge on any atom is 0.323 e. The molecule has 0 radical (unpaired) electrons. The molecule has 1 fully saturated rings. The van der Waals surface area contributed by atoms with Gasteiger partial charge in [0.15, 0.2) is 0 Å². The molecule has 0 aromatic heterocycles. The normalized spacial score (nSPS) is 19.3. The standard InChI is InChI=1S/C14H27NO2/c1-4-9-13(14(16)17-5-2)15(3)12-10-7-6-8-11-12/h12-13H,4-11H2,1-3H3. The van der Waals surface area contributed by atoms with Crippen LogP contribution in [0.25, 0.3) is 0 Å². The summed E-state index contributed by atoms with van der Waals surface area (Å²) in [5.74, 6) is -0.0394. The third kappa shape index (κ3) is 4.30. The molecule has 0 aromatic carbocycles. The second kappa shape index (κ2) is 7.70. The van der Waals surface area contributed by atoms with Crippen molar-refractivity contribution < 1.29 is 9.53 Å². The minimum Gasteiger partial charge on any atom is -0.465 e. The van der Waals surface area contributed by atoms with Crippen LogP contribution in [0.4, 0.5) is 0 Å². The van der Waals surface area contributed by atoms with Crippen molar-refractivity contribution in [3.05, 3.63) is 0 Å². The summed E-state index contributed by atoms with van der Waals surface area (Å²) in [6.45, 7) is 4.49. The molecule has 1 atom stereocenters. The van der Waals surface area contributed by atoms with Gasteiger partial charge in [0.05, 0.1) is 6.61 Å². The highest BCUT2D eigenvalue weighted by molar-refractivity contribution is 5.75. The first-order chi connectivity index (χ1) is 8.20. The van der Waals surface area contributed by atoms with Gasteiger partial charge in [-0.1, -0.05) is 32.6 Å². The van der Waals surface area contributed by atoms with Crippen molar-refractivity contribution >= 4 is 5.97 Å². The first-order valence-corrected chi connectivity index (χ1v) is 7.09. The van der Waals surface area contributed by atoms with E-state index in [9.17, 15) is 4.79 Å². The summed E-state index contributed by atoms with van der Waals surface area (Å²) >= 11 is 0. The fourth-order valence-electron chi connectivity index (χ4n) is 2.74. The van der Waals surface area contributed by atoms with Crippen molar-refractivity contribution in [2.75, 3.05) is 13.7 Å². The van der Waals surface area contributed by atoms with Crippen molar-refractivity contribution in [3.63, 3.8) is 0 Å². The zero-order valence-electron chi connectivity index (χ0n) is 11.6. The van der Waals surface area contributed by atoms with Crippen LogP contribution < -0.4 is 0 Å². The molecule has 1 aliphatic rings. The Balaban J connectivity index is 2.57. The Hall–Kier alpha value is -0.570. The second-order valence-corrected chi connectivity index (χ2v) is 5.01. The van der Waals surface area contributed by atoms with Gasteiger partial charge in [-0.2, -0.15) is 0 Å². The zero-order valence-corrected chi connectivity index (χ0v) is 11.6. The van der Waals surface area contributed by atoms with Crippen LogP contribution in [0.3, 0.4) is 0 Å². The van der Waals surface area contributed by atoms with Gasteiger partial charge < -0.3 is 4.74 Å². The van der Waals surface area contributed by atoms with Gasteiger partial charge in [0.1, 0.15) is 6.04 Å². The molecule has 1 saturated carbocycles. The van der Waals surface area contributed by atoms with Crippen LogP contribution in [0, 0.1) is 0 Å². The molecule has 3 nitrogen and oxygen atoms in total. The molecule has 0 spiro atoms. The maximum absolute atomic E-state index is 12.0. The van der Waals surface area contributed by atoms with Gasteiger partial charge in [-0.3, -0.25) is 9.69 Å². The highest BCUT2D eigenvalue weighted by Crippen LogP contribution is 2.24. The Morgan fingerprint density at radius 2 is 1.94 bits per heavy atom. The van der Waals surface area contributed by atoms with Crippen LogP contribution in [0.15, 0.2) is 0 Å². The summed E-state index contributed by atoms with van der Waals surface area (Å²) in [5.41, 5.74) is 0. The van der Waals surface area contributed by atoms with E-state index >= 15 is 0 Å². The highest BCUT2D eigenvalue weighted by atomic mass is 16.5. The maximum atomic E-state index is 12.0. The van der Waals surface area contributed by atoms with Crippen molar-refractivity contribution in [2.24, 2.45) is 0 Å². The number of esters is 1. The van der Waals surface area contributed by atoms with Crippen LogP contribution in [-0.4, -0.2) is 36.6 Å². The van der Waals surface area contributed by atoms with Crippen molar-refractivity contribution in [2.45, 2.75) is 70.9 Å². The Bertz CT molecular complexity index is 224. The third-order valence-electron chi connectivity index (χ3n) is 3.76. The number of carbonyl (C=O) groups is 1. The smallest absolute Gasteiger partial charge is 0.323 e. The molecule has 3 heteroatoms. The van der Waals surface area contributed by atoms with E-state index in [0.717, 1.165) is 12.8 Å². The number of ether oxygens (including phenoxy) is 1. The minimum absolute atomic E-state index is 0.0388. The van der Waals surface area contributed by atoms with Gasteiger partial charge >= 0.3 is 5.97 Å². The van der Waals surface area contributed by atoms with Crippen molar-refractivity contribution in [1.82, 2.24) is 4.90 Å². The van der Waals surface area contributed by atoms with E-state index in [-0.39, 0.29) is 12.0 Å². The molecule has 0 aliphatic heterocycles. The van der Waals surface area contributed by atoms with Gasteiger partial charge in [-0.05, 0) is 33.2 Å². The molecule has 0 aromatic rings. The Morgan fingerprint density at radius 1 is 1.29 bits per heavy atom. The molecule has 1 rings (SSSR count). The topological polar surface area (TPSA) is 29.5 Å². The van der Waals surface area contributed by atoms with Crippen LogP contribution in [-0.2, 0) is 9.53 Å². The predicted molar refractivity (Wildman–Crippen MR) is 70.0 cm³/mol. The number of rotatable bonds is 6. The number of likely N-dealkylation sites (N-methyl/N-ethyl adjacent to an activating group) is 1. The van der Waals surface area contributed by atoms with E-state index in [4.69, 9.17) is 4.74 Å². The quantitative estimate of drug-likeness (QED) is 0.670. The number of hydrogen-bond acceptors (Lipinski definition) is 3. The van der Waals surface area contributed by atoms with Crippen LogP contribution >= 0.6 is 0 Å². The summed E-state index contributed by atoms with van der Waals surface area (Å²) in [4.78, 5) is 14.2. The van der Waals surface area contributed by atoms with E-state index in [1.165, 1.54) is 32.1 Å². The number of nitrogens with zero attached hydrogens (tertiary/aromatic N) is 1. The van der Waals surface area contributed by atoms with Crippen LogP contribution in [0.2, 0.25) is 0 Å². The summed E-state index contributed by atoms with van der Waals surface area (Å²) < 4.78 is 5.19. The van der Waals surface area contributed by atoms with Gasteiger partial charge in [0.25, 0.3) is 0 Å². The molecule has 1 unspecified atom stereocenters. The first-order valence-electron chi connectivity index (χ1n) is 7.09. The lowest BCUT2D eigenvalue weighted by Crippen LogP contribution is -2.46. The average molecular weight is 241 g/mol. The molecule has 100 valence electrons. The second-order valence-electron chi connectivity index (χ2n) is 5.01. The van der Waals surface area contributed by atoms with E-state index in [1.54, 1.807) is 0 Å². The van der Waals surface area contributed by atoms with Crippen LogP contribution in [0.5, 0.6) is 0 Å². The van der Waals surface area contributed by atoms with Crippen LogP contribution in [0.1, 0.15) is 58.8 Å². The van der Waals surface area contributed by atoms with E-state index < -0.39 is 0 Å². The summed E-state index contributed by atoms with van der Waals surface area (Å²) in [5, 5.41) is 0. The van der Waals surface area contributed by atoms with Crippen molar-refractivity contribution in [1.29, 1.82) is 0 Å². The van der Waals surface area contributed by atoms with Gasteiger partial charge in [-0.25, -0.2) is 0 Å². The lowest BCUT2D eigenvalue weighted by atomic mass is 9.93. The van der Waals surface area contributed by atoms with Crippen molar-refractivity contribution in [3.8, 4) is 0 Å². The molecular weight excluding hydrogens is 214 g/mol. The van der Waals surface area contributed by atoms with Gasteiger partial charge in [-0.15, -0.1) is 0 Å². The Kier molecular flexibility index (Phi) is 6.56. The lowest BCUT2D eigenvalue weighted by Gasteiger charge is -2.35. The lowest BCUT2D eigenvalue weighted by molar-refractivity contribution is -0.150. The summed E-state index contributed by atoms with van der Waals surface area (Å²) in [6, 6.07) is 0.535. The van der Waals surface area contributed by atoms with E-state index in [1.807, 2.05) is 6.92 Å². The van der Waals surface area contributed by atoms with Gasteiger partial charge in [0, 0.05) is 6.04 Å². The molecule has 1 aliphatic carbocycles. The average Bonchev–Trinajstić information content (AvgIpc) is 2.36. The largest absolute Gasteiger partial charge is 0.465 e. The molecular formula is C14H27NO2. The zero-order chi connectivity index (χ0) is 12.7. The fraction of sp³-hybridized carbons (Fsp3) is 0.929. The molecule has 0 bridgehead atoms. The molecule has 0 N–H and O–H groups in total.